The van der Waals surface area contributed by atoms with E-state index in [1.165, 1.54) is 0 Å². The zero-order valence-electron chi connectivity index (χ0n) is 16.6. The number of rotatable bonds is 3. The molecule has 2 rings (SSSR count). The third kappa shape index (κ3) is 3.65. The second-order valence-corrected chi connectivity index (χ2v) is 14.0. The Bertz CT molecular complexity index is 607. The van der Waals surface area contributed by atoms with Crippen LogP contribution >= 0.6 is 0 Å². The summed E-state index contributed by atoms with van der Waals surface area (Å²) in [7, 11) is -2.36. The predicted octanol–water partition coefficient (Wildman–Crippen LogP) is 3.95. The van der Waals surface area contributed by atoms with Crippen molar-refractivity contribution < 1.29 is 13.7 Å². The van der Waals surface area contributed by atoms with Gasteiger partial charge in [-0.3, -0.25) is 0 Å². The quantitative estimate of drug-likeness (QED) is 0.663. The lowest BCUT2D eigenvalue weighted by Crippen LogP contribution is -2.44. The van der Waals surface area contributed by atoms with Crippen molar-refractivity contribution in [3.63, 3.8) is 0 Å². The van der Waals surface area contributed by atoms with E-state index in [1.54, 1.807) is 0 Å². The topological polar surface area (TPSA) is 53.7 Å². The predicted molar refractivity (Wildman–Crippen MR) is 104 cm³/mol. The van der Waals surface area contributed by atoms with Crippen LogP contribution in [0.1, 0.15) is 48.5 Å². The molecule has 1 aromatic rings. The van der Waals surface area contributed by atoms with E-state index in [9.17, 15) is 0 Å². The molecule has 134 valence electrons. The van der Waals surface area contributed by atoms with E-state index in [1.807, 2.05) is 45.9 Å². The first-order valence-corrected chi connectivity index (χ1v) is 11.5. The third-order valence-corrected chi connectivity index (χ3v) is 10.0. The summed E-state index contributed by atoms with van der Waals surface area (Å²) < 4.78 is 18.7. The van der Waals surface area contributed by atoms with Gasteiger partial charge >= 0.3 is 7.12 Å². The maximum Gasteiger partial charge on any atom is 0.495 e. The Balaban J connectivity index is 2.31. The van der Waals surface area contributed by atoms with Crippen LogP contribution in [0.5, 0.6) is 5.75 Å². The van der Waals surface area contributed by atoms with Gasteiger partial charge < -0.3 is 19.5 Å². The van der Waals surface area contributed by atoms with E-state index in [-0.39, 0.29) is 16.2 Å². The largest absolute Gasteiger partial charge is 0.543 e. The number of hydrogen-bond acceptors (Lipinski definition) is 4. The Morgan fingerprint density at radius 1 is 1.00 bits per heavy atom. The van der Waals surface area contributed by atoms with E-state index < -0.39 is 15.4 Å². The molecule has 0 bridgehead atoms. The molecule has 1 heterocycles. The molecule has 1 aromatic carbocycles. The molecule has 6 heteroatoms. The van der Waals surface area contributed by atoms with Gasteiger partial charge in [-0.25, -0.2) is 0 Å². The molecular weight excluding hydrogens is 317 g/mol. The second-order valence-electron chi connectivity index (χ2n) is 9.29. The van der Waals surface area contributed by atoms with Gasteiger partial charge in [0.2, 0.25) is 8.32 Å². The van der Waals surface area contributed by atoms with Crippen LogP contribution in [0.3, 0.4) is 0 Å². The molecule has 0 unspecified atom stereocenters. The fraction of sp³-hybridized carbons (Fsp3) is 0.667. The zero-order valence-corrected chi connectivity index (χ0v) is 17.6. The minimum atomic E-state index is -1.92. The van der Waals surface area contributed by atoms with Gasteiger partial charge in [0.15, 0.2) is 0 Å². The first-order valence-electron chi connectivity index (χ1n) is 8.60. The minimum Gasteiger partial charge on any atom is -0.543 e. The molecule has 0 amide bonds. The summed E-state index contributed by atoms with van der Waals surface area (Å²) in [4.78, 5) is 0. The number of nitrogen functional groups attached to an aromatic ring is 1. The van der Waals surface area contributed by atoms with Crippen LogP contribution in [-0.2, 0) is 9.31 Å². The SMILES string of the molecule is CC1(C)OB(c2cc(N)cc(O[Si](C)(C)C(C)(C)C)c2)OC1(C)C. The van der Waals surface area contributed by atoms with Gasteiger partial charge in [0.25, 0.3) is 0 Å². The van der Waals surface area contributed by atoms with Gasteiger partial charge in [0, 0.05) is 11.8 Å². The first kappa shape index (κ1) is 19.3. The average molecular weight is 349 g/mol. The third-order valence-electron chi connectivity index (χ3n) is 5.66. The summed E-state index contributed by atoms with van der Waals surface area (Å²) in [5.41, 5.74) is 6.94. The Kier molecular flexibility index (Phi) is 4.66. The molecule has 0 saturated carbocycles. The molecular formula is C18H32BNO3Si. The summed E-state index contributed by atoms with van der Waals surface area (Å²) in [5, 5.41) is 0.127. The molecule has 1 aliphatic rings. The molecule has 1 aliphatic heterocycles. The monoisotopic (exact) mass is 349 g/mol. The Morgan fingerprint density at radius 2 is 1.50 bits per heavy atom. The number of nitrogens with two attached hydrogens (primary N) is 1. The van der Waals surface area contributed by atoms with Crippen LogP contribution in [0.15, 0.2) is 18.2 Å². The molecule has 0 aliphatic carbocycles. The number of benzene rings is 1. The Hall–Kier alpha value is -0.978. The highest BCUT2D eigenvalue weighted by molar-refractivity contribution is 6.74. The molecule has 0 atom stereocenters. The van der Waals surface area contributed by atoms with Gasteiger partial charge in [-0.05, 0) is 63.4 Å². The van der Waals surface area contributed by atoms with Crippen molar-refractivity contribution in [1.29, 1.82) is 0 Å². The van der Waals surface area contributed by atoms with Gasteiger partial charge in [-0.15, -0.1) is 0 Å². The van der Waals surface area contributed by atoms with E-state index in [2.05, 4.69) is 33.9 Å². The molecule has 4 nitrogen and oxygen atoms in total. The maximum atomic E-state index is 6.40. The molecule has 1 fully saturated rings. The van der Waals surface area contributed by atoms with Crippen LogP contribution in [-0.4, -0.2) is 26.6 Å². The zero-order chi connectivity index (χ0) is 18.6. The summed E-state index contributed by atoms with van der Waals surface area (Å²) in [6.07, 6.45) is 0. The fourth-order valence-corrected chi connectivity index (χ4v) is 3.28. The lowest BCUT2D eigenvalue weighted by molar-refractivity contribution is 0.00578. The van der Waals surface area contributed by atoms with E-state index in [0.29, 0.717) is 5.69 Å². The smallest absolute Gasteiger partial charge is 0.495 e. The maximum absolute atomic E-state index is 6.40. The number of hydrogen-bond donors (Lipinski definition) is 1. The van der Waals surface area contributed by atoms with Crippen LogP contribution in [0.4, 0.5) is 5.69 Å². The first-order chi connectivity index (χ1) is 10.6. The van der Waals surface area contributed by atoms with Crippen molar-refractivity contribution in [2.24, 2.45) is 0 Å². The normalized spacial score (nSPS) is 20.3. The van der Waals surface area contributed by atoms with Crippen molar-refractivity contribution in [3.05, 3.63) is 18.2 Å². The van der Waals surface area contributed by atoms with E-state index >= 15 is 0 Å². The minimum absolute atomic E-state index is 0.127. The lowest BCUT2D eigenvalue weighted by atomic mass is 9.79. The van der Waals surface area contributed by atoms with E-state index in [0.717, 1.165) is 11.2 Å². The number of anilines is 1. The second kappa shape index (κ2) is 5.78. The summed E-state index contributed by atoms with van der Waals surface area (Å²) in [6, 6.07) is 5.79. The van der Waals surface area contributed by atoms with Crippen molar-refractivity contribution in [2.75, 3.05) is 5.73 Å². The highest BCUT2D eigenvalue weighted by Crippen LogP contribution is 2.39. The fourth-order valence-electron chi connectivity index (χ4n) is 2.27. The van der Waals surface area contributed by atoms with Crippen molar-refractivity contribution >= 4 is 26.6 Å². The van der Waals surface area contributed by atoms with Gasteiger partial charge in [-0.2, -0.15) is 0 Å². The van der Waals surface area contributed by atoms with Crippen LogP contribution in [0, 0.1) is 0 Å². The average Bonchev–Trinajstić information content (AvgIpc) is 2.55. The van der Waals surface area contributed by atoms with Crippen LogP contribution in [0.25, 0.3) is 0 Å². The molecule has 1 saturated heterocycles. The van der Waals surface area contributed by atoms with Crippen molar-refractivity contribution in [2.45, 2.75) is 77.8 Å². The molecule has 0 radical (unpaired) electrons. The summed E-state index contributed by atoms with van der Waals surface area (Å²) in [5.74, 6) is 0.798. The van der Waals surface area contributed by atoms with E-state index in [4.69, 9.17) is 19.5 Å². The highest BCUT2D eigenvalue weighted by atomic mass is 28.4. The van der Waals surface area contributed by atoms with Crippen LogP contribution in [0.2, 0.25) is 18.1 Å². The summed E-state index contributed by atoms with van der Waals surface area (Å²) in [6.45, 7) is 19.3. The molecule has 0 aromatic heterocycles. The Labute approximate surface area is 148 Å². The van der Waals surface area contributed by atoms with Gasteiger partial charge in [0.05, 0.1) is 11.2 Å². The molecule has 0 spiro atoms. The van der Waals surface area contributed by atoms with Crippen molar-refractivity contribution in [3.8, 4) is 5.75 Å². The lowest BCUT2D eigenvalue weighted by Gasteiger charge is -2.36. The van der Waals surface area contributed by atoms with Gasteiger partial charge in [0.1, 0.15) is 5.75 Å². The highest BCUT2D eigenvalue weighted by Gasteiger charge is 2.52. The Morgan fingerprint density at radius 3 is 1.96 bits per heavy atom. The standard InChI is InChI=1S/C18H32BNO3Si/c1-16(2,3)24(8,9)21-15-11-13(10-14(20)12-15)19-22-17(4,5)18(6,7)23-19/h10-12H,20H2,1-9H3. The molecule has 24 heavy (non-hydrogen) atoms. The summed E-state index contributed by atoms with van der Waals surface area (Å²) >= 11 is 0. The van der Waals surface area contributed by atoms with Gasteiger partial charge in [-0.1, -0.05) is 20.8 Å². The van der Waals surface area contributed by atoms with Crippen molar-refractivity contribution in [1.82, 2.24) is 0 Å². The molecule has 2 N–H and O–H groups in total. The van der Waals surface area contributed by atoms with Crippen LogP contribution < -0.4 is 15.6 Å².